The molecule has 0 radical (unpaired) electrons. The van der Waals surface area contributed by atoms with Gasteiger partial charge in [-0.1, -0.05) is 5.16 Å². The predicted octanol–water partition coefficient (Wildman–Crippen LogP) is 0.937. The maximum Gasteiger partial charge on any atom is 0.230 e. The number of piperazine rings is 1. The molecule has 0 aliphatic carbocycles. The Morgan fingerprint density at radius 1 is 1.19 bits per heavy atom. The number of nitrogens with zero attached hydrogens (tertiary/aromatic N) is 3. The van der Waals surface area contributed by atoms with Crippen LogP contribution in [0.2, 0.25) is 0 Å². The van der Waals surface area contributed by atoms with Gasteiger partial charge < -0.3 is 13.8 Å². The van der Waals surface area contributed by atoms with Crippen LogP contribution in [-0.4, -0.2) is 66.0 Å². The normalized spacial score (nSPS) is 24.9. The van der Waals surface area contributed by atoms with Crippen LogP contribution < -0.4 is 0 Å². The third kappa shape index (κ3) is 3.79. The van der Waals surface area contributed by atoms with Crippen molar-refractivity contribution >= 4 is 15.7 Å². The molecule has 1 amide bonds. The molecule has 2 aromatic heterocycles. The van der Waals surface area contributed by atoms with Crippen LogP contribution in [0.3, 0.4) is 0 Å². The first-order valence-corrected chi connectivity index (χ1v) is 10.8. The standard InChI is InChI=1S/C18H23N3O5S/c1-12-7-15(26-19-12)8-18(22)21-6-5-20(9-14-4-3-13(2)25-14)16-10-27(23,24)11-17(16)21/h3-4,7,16-17H,5-6,8-11H2,1-2H3/t16-,17+/m1/s1. The fourth-order valence-corrected chi connectivity index (χ4v) is 6.06. The van der Waals surface area contributed by atoms with Crippen molar-refractivity contribution in [1.82, 2.24) is 15.0 Å². The Hall–Kier alpha value is -2.13. The number of fused-ring (bicyclic) bond motifs is 1. The zero-order valence-corrected chi connectivity index (χ0v) is 16.2. The van der Waals surface area contributed by atoms with Crippen molar-refractivity contribution in [2.45, 2.75) is 38.9 Å². The Morgan fingerprint density at radius 3 is 2.63 bits per heavy atom. The number of carbonyl (C=O) groups is 1. The first kappa shape index (κ1) is 18.2. The van der Waals surface area contributed by atoms with Crippen LogP contribution in [0.15, 0.2) is 27.1 Å². The molecule has 4 heterocycles. The lowest BCUT2D eigenvalue weighted by molar-refractivity contribution is -0.136. The fraction of sp³-hybridized carbons (Fsp3) is 0.556. The summed E-state index contributed by atoms with van der Waals surface area (Å²) in [5.41, 5.74) is 0.720. The van der Waals surface area contributed by atoms with Gasteiger partial charge in [0.15, 0.2) is 9.84 Å². The maximum atomic E-state index is 12.8. The van der Waals surface area contributed by atoms with Crippen LogP contribution in [0.5, 0.6) is 0 Å². The molecule has 4 rings (SSSR count). The molecule has 2 aliphatic heterocycles. The molecule has 2 aliphatic rings. The number of sulfone groups is 1. The molecule has 0 spiro atoms. The van der Waals surface area contributed by atoms with Gasteiger partial charge >= 0.3 is 0 Å². The van der Waals surface area contributed by atoms with Crippen LogP contribution in [0.4, 0.5) is 0 Å². The van der Waals surface area contributed by atoms with Crippen LogP contribution in [0.1, 0.15) is 23.0 Å². The highest BCUT2D eigenvalue weighted by Crippen LogP contribution is 2.29. The van der Waals surface area contributed by atoms with Gasteiger partial charge in [-0.3, -0.25) is 9.69 Å². The average molecular weight is 393 g/mol. The highest BCUT2D eigenvalue weighted by Gasteiger charge is 2.48. The maximum absolute atomic E-state index is 12.8. The highest BCUT2D eigenvalue weighted by atomic mass is 32.2. The Labute approximate surface area is 158 Å². The van der Waals surface area contributed by atoms with E-state index in [-0.39, 0.29) is 35.9 Å². The number of amides is 1. The Balaban J connectivity index is 1.51. The van der Waals surface area contributed by atoms with E-state index in [9.17, 15) is 13.2 Å². The van der Waals surface area contributed by atoms with Gasteiger partial charge in [-0.05, 0) is 26.0 Å². The van der Waals surface area contributed by atoms with Crippen molar-refractivity contribution < 1.29 is 22.2 Å². The van der Waals surface area contributed by atoms with Crippen LogP contribution in [0.25, 0.3) is 0 Å². The van der Waals surface area contributed by atoms with Gasteiger partial charge in [-0.2, -0.15) is 0 Å². The topological polar surface area (TPSA) is 96.9 Å². The van der Waals surface area contributed by atoms with Crippen LogP contribution >= 0.6 is 0 Å². The largest absolute Gasteiger partial charge is 0.465 e. The molecule has 2 aromatic rings. The lowest BCUT2D eigenvalue weighted by atomic mass is 10.0. The number of aryl methyl sites for hydroxylation is 2. The third-order valence-electron chi connectivity index (χ3n) is 5.27. The van der Waals surface area contributed by atoms with E-state index in [2.05, 4.69) is 10.1 Å². The minimum absolute atomic E-state index is 0.00647. The summed E-state index contributed by atoms with van der Waals surface area (Å²) in [4.78, 5) is 16.6. The minimum atomic E-state index is -3.19. The van der Waals surface area contributed by atoms with Crippen molar-refractivity contribution in [1.29, 1.82) is 0 Å². The third-order valence-corrected chi connectivity index (χ3v) is 6.97. The van der Waals surface area contributed by atoms with Crippen molar-refractivity contribution in [3.05, 3.63) is 41.2 Å². The van der Waals surface area contributed by atoms with E-state index in [1.54, 1.807) is 17.9 Å². The molecule has 0 saturated carbocycles. The summed E-state index contributed by atoms with van der Waals surface area (Å²) in [6.45, 7) is 5.33. The van der Waals surface area contributed by atoms with Gasteiger partial charge in [-0.25, -0.2) is 8.42 Å². The van der Waals surface area contributed by atoms with Crippen molar-refractivity contribution in [2.24, 2.45) is 0 Å². The average Bonchev–Trinajstić information content (AvgIpc) is 3.26. The number of hydrogen-bond donors (Lipinski definition) is 0. The molecule has 0 bridgehead atoms. The molecule has 2 saturated heterocycles. The number of hydrogen-bond acceptors (Lipinski definition) is 7. The Kier molecular flexibility index (Phi) is 4.59. The van der Waals surface area contributed by atoms with E-state index in [0.29, 0.717) is 25.4 Å². The second-order valence-corrected chi connectivity index (χ2v) is 9.55. The fourth-order valence-electron chi connectivity index (χ4n) is 4.05. The van der Waals surface area contributed by atoms with E-state index in [0.717, 1.165) is 17.2 Å². The van der Waals surface area contributed by atoms with E-state index >= 15 is 0 Å². The van der Waals surface area contributed by atoms with Gasteiger partial charge in [0.25, 0.3) is 0 Å². The number of carbonyl (C=O) groups excluding carboxylic acids is 1. The molecule has 27 heavy (non-hydrogen) atoms. The second-order valence-electron chi connectivity index (χ2n) is 7.39. The second kappa shape index (κ2) is 6.79. The summed E-state index contributed by atoms with van der Waals surface area (Å²) in [5.74, 6) is 2.11. The summed E-state index contributed by atoms with van der Waals surface area (Å²) >= 11 is 0. The van der Waals surface area contributed by atoms with Crippen molar-refractivity contribution in [3.8, 4) is 0 Å². The summed E-state index contributed by atoms with van der Waals surface area (Å²) < 4.78 is 35.4. The minimum Gasteiger partial charge on any atom is -0.465 e. The highest BCUT2D eigenvalue weighted by molar-refractivity contribution is 7.91. The first-order valence-electron chi connectivity index (χ1n) is 9.02. The summed E-state index contributed by atoms with van der Waals surface area (Å²) in [6.07, 6.45) is 0.0987. The molecule has 0 aromatic carbocycles. The lowest BCUT2D eigenvalue weighted by Crippen LogP contribution is -2.60. The number of rotatable bonds is 4. The molecule has 146 valence electrons. The van der Waals surface area contributed by atoms with Gasteiger partial charge in [0.1, 0.15) is 17.3 Å². The molecule has 0 unspecified atom stereocenters. The predicted molar refractivity (Wildman–Crippen MR) is 96.7 cm³/mol. The zero-order valence-electron chi connectivity index (χ0n) is 15.4. The summed E-state index contributed by atoms with van der Waals surface area (Å²) in [7, 11) is -3.19. The molecule has 0 N–H and O–H groups in total. The quantitative estimate of drug-likeness (QED) is 0.762. The zero-order chi connectivity index (χ0) is 19.2. The number of aromatic nitrogens is 1. The Bertz CT molecular complexity index is 948. The molecular weight excluding hydrogens is 370 g/mol. The molecule has 9 heteroatoms. The van der Waals surface area contributed by atoms with Crippen molar-refractivity contribution in [2.75, 3.05) is 24.6 Å². The smallest absolute Gasteiger partial charge is 0.230 e. The monoisotopic (exact) mass is 393 g/mol. The molecule has 8 nitrogen and oxygen atoms in total. The summed E-state index contributed by atoms with van der Waals surface area (Å²) in [5, 5.41) is 3.80. The van der Waals surface area contributed by atoms with E-state index in [1.807, 2.05) is 19.1 Å². The number of furan rings is 1. The van der Waals surface area contributed by atoms with Crippen molar-refractivity contribution in [3.63, 3.8) is 0 Å². The van der Waals surface area contributed by atoms with Gasteiger partial charge in [0.2, 0.25) is 5.91 Å². The van der Waals surface area contributed by atoms with E-state index in [1.165, 1.54) is 0 Å². The van der Waals surface area contributed by atoms with E-state index in [4.69, 9.17) is 8.94 Å². The van der Waals surface area contributed by atoms with Crippen LogP contribution in [-0.2, 0) is 27.6 Å². The van der Waals surface area contributed by atoms with Gasteiger partial charge in [0, 0.05) is 25.2 Å². The van der Waals surface area contributed by atoms with E-state index < -0.39 is 9.84 Å². The SMILES string of the molecule is Cc1cc(CC(=O)N2CCN(Cc3ccc(C)o3)[C@@H]3CS(=O)(=O)C[C@@H]32)on1. The lowest BCUT2D eigenvalue weighted by Gasteiger charge is -2.43. The van der Waals surface area contributed by atoms with Gasteiger partial charge in [0.05, 0.1) is 36.2 Å². The van der Waals surface area contributed by atoms with Gasteiger partial charge in [-0.15, -0.1) is 0 Å². The summed E-state index contributed by atoms with van der Waals surface area (Å²) in [6, 6.07) is 5.00. The molecule has 2 fully saturated rings. The molecular formula is C18H23N3O5S. The Morgan fingerprint density at radius 2 is 1.96 bits per heavy atom. The first-order chi connectivity index (χ1) is 12.8. The van der Waals surface area contributed by atoms with Crippen LogP contribution in [0, 0.1) is 13.8 Å². The molecule has 2 atom stereocenters.